The average Bonchev–Trinajstić information content (AvgIpc) is 3.13. The second-order valence-corrected chi connectivity index (χ2v) is 7.38. The molecular weight excluding hydrogens is 399 g/mol. The molecule has 5 nitrogen and oxygen atoms in total. The van der Waals surface area contributed by atoms with E-state index in [1.165, 1.54) is 26.0 Å². The highest BCUT2D eigenvalue weighted by atomic mass is 19.2. The summed E-state index contributed by atoms with van der Waals surface area (Å²) in [7, 11) is 0. The van der Waals surface area contributed by atoms with Gasteiger partial charge in [-0.3, -0.25) is 4.79 Å². The third-order valence-electron chi connectivity index (χ3n) is 4.56. The summed E-state index contributed by atoms with van der Waals surface area (Å²) in [6.45, 7) is 2.46. The Bertz CT molecular complexity index is 1020. The van der Waals surface area contributed by atoms with Gasteiger partial charge in [0.05, 0.1) is 0 Å². The Morgan fingerprint density at radius 2 is 1.67 bits per heavy atom. The van der Waals surface area contributed by atoms with Crippen molar-refractivity contribution >= 4 is 17.6 Å². The minimum Gasteiger partial charge on any atom is -0.478 e. The minimum atomic E-state index is -1.92. The number of alkyl halides is 1. The zero-order valence-electron chi connectivity index (χ0n) is 16.4. The van der Waals surface area contributed by atoms with Crippen molar-refractivity contribution in [2.75, 3.05) is 5.32 Å². The van der Waals surface area contributed by atoms with E-state index >= 15 is 0 Å². The fourth-order valence-corrected chi connectivity index (χ4v) is 3.30. The number of amides is 1. The van der Waals surface area contributed by atoms with Crippen LogP contribution in [0.25, 0.3) is 11.1 Å². The second kappa shape index (κ2) is 8.22. The third kappa shape index (κ3) is 4.82. The topological polar surface area (TPSA) is 75.6 Å². The monoisotopic (exact) mass is 419 g/mol. The lowest BCUT2D eigenvalue weighted by Crippen LogP contribution is -2.20. The van der Waals surface area contributed by atoms with Crippen LogP contribution in [-0.4, -0.2) is 22.8 Å². The lowest BCUT2D eigenvalue weighted by atomic mass is 10.0. The Labute approximate surface area is 171 Å². The summed E-state index contributed by atoms with van der Waals surface area (Å²) in [5.74, 6) is -5.83. The molecule has 0 bridgehead atoms. The second-order valence-electron chi connectivity index (χ2n) is 7.38. The van der Waals surface area contributed by atoms with Gasteiger partial charge in [-0.15, -0.1) is 0 Å². The maximum absolute atomic E-state index is 14.6. The van der Waals surface area contributed by atoms with Crippen LogP contribution < -0.4 is 10.1 Å². The Kier molecular flexibility index (Phi) is 5.87. The first-order valence-electron chi connectivity index (χ1n) is 9.29. The Balaban J connectivity index is 1.88. The zero-order chi connectivity index (χ0) is 22.1. The number of hydrogen-bond donors (Lipinski definition) is 2. The molecule has 3 rings (SSSR count). The van der Waals surface area contributed by atoms with Crippen molar-refractivity contribution in [2.24, 2.45) is 0 Å². The van der Waals surface area contributed by atoms with Gasteiger partial charge < -0.3 is 15.2 Å². The first-order chi connectivity index (χ1) is 14.0. The lowest BCUT2D eigenvalue weighted by molar-refractivity contribution is -0.133. The fourth-order valence-electron chi connectivity index (χ4n) is 3.30. The molecule has 1 aliphatic rings. The number of halogens is 3. The first-order valence-corrected chi connectivity index (χ1v) is 9.29. The minimum absolute atomic E-state index is 0.0177. The number of carbonyl (C=O) groups excluding carboxylic acids is 1. The molecule has 0 unspecified atom stereocenters. The van der Waals surface area contributed by atoms with Crippen LogP contribution in [0.15, 0.2) is 47.5 Å². The van der Waals surface area contributed by atoms with Gasteiger partial charge in [-0.25, -0.2) is 13.6 Å². The average molecular weight is 419 g/mol. The number of benzene rings is 2. The molecule has 1 amide bonds. The van der Waals surface area contributed by atoms with E-state index < -0.39 is 35.1 Å². The Morgan fingerprint density at radius 1 is 1.03 bits per heavy atom. The number of rotatable bonds is 6. The van der Waals surface area contributed by atoms with E-state index in [1.807, 2.05) is 0 Å². The number of aliphatic carboxylic acids is 1. The smallest absolute Gasteiger partial charge is 0.332 e. The highest BCUT2D eigenvalue weighted by Crippen LogP contribution is 2.32. The summed E-state index contributed by atoms with van der Waals surface area (Å²) in [5, 5.41) is 11.3. The standard InChI is InChI=1S/C22H20F3NO4/c1-22(2,25)30-14-6-3-5-12(9-14)13-10-17(23)19(18(24)11-13)26-20(27)15-7-4-8-16(15)21(28)29/h3,5-6,9-11H,4,7-8H2,1-2H3,(H,26,27)(H,28,29). The summed E-state index contributed by atoms with van der Waals surface area (Å²) in [5.41, 5.74) is -0.137. The molecule has 8 heteroatoms. The van der Waals surface area contributed by atoms with Crippen molar-refractivity contribution < 1.29 is 32.6 Å². The van der Waals surface area contributed by atoms with Gasteiger partial charge in [-0.2, -0.15) is 4.39 Å². The molecule has 1 aliphatic carbocycles. The molecule has 2 N–H and O–H groups in total. The van der Waals surface area contributed by atoms with Crippen molar-refractivity contribution in [3.63, 3.8) is 0 Å². The van der Waals surface area contributed by atoms with Crippen LogP contribution in [0.3, 0.4) is 0 Å². The normalized spacial score (nSPS) is 14.0. The Hall–Kier alpha value is -3.29. The van der Waals surface area contributed by atoms with Crippen LogP contribution in [0.5, 0.6) is 5.75 Å². The van der Waals surface area contributed by atoms with Crippen LogP contribution >= 0.6 is 0 Å². The molecule has 0 heterocycles. The van der Waals surface area contributed by atoms with E-state index in [4.69, 9.17) is 9.84 Å². The summed E-state index contributed by atoms with van der Waals surface area (Å²) in [4.78, 5) is 23.5. The van der Waals surface area contributed by atoms with E-state index in [2.05, 4.69) is 5.32 Å². The highest BCUT2D eigenvalue weighted by Gasteiger charge is 2.27. The maximum Gasteiger partial charge on any atom is 0.332 e. The Morgan fingerprint density at radius 3 is 2.27 bits per heavy atom. The van der Waals surface area contributed by atoms with Crippen LogP contribution in [0, 0.1) is 11.6 Å². The van der Waals surface area contributed by atoms with Crippen molar-refractivity contribution in [1.82, 2.24) is 0 Å². The molecule has 0 spiro atoms. The number of ether oxygens (including phenoxy) is 1. The van der Waals surface area contributed by atoms with Gasteiger partial charge in [-0.1, -0.05) is 12.1 Å². The van der Waals surface area contributed by atoms with E-state index in [-0.39, 0.29) is 35.3 Å². The van der Waals surface area contributed by atoms with E-state index in [9.17, 15) is 22.8 Å². The largest absolute Gasteiger partial charge is 0.478 e. The van der Waals surface area contributed by atoms with Crippen molar-refractivity contribution in [3.05, 3.63) is 59.2 Å². The van der Waals surface area contributed by atoms with Crippen LogP contribution in [0.2, 0.25) is 0 Å². The molecule has 0 fully saturated rings. The summed E-state index contributed by atoms with van der Waals surface area (Å²) in [6.07, 6.45) is 0.949. The highest BCUT2D eigenvalue weighted by molar-refractivity contribution is 6.09. The number of nitrogens with one attached hydrogen (secondary N) is 1. The molecular formula is C22H20F3NO4. The van der Waals surface area contributed by atoms with E-state index in [0.29, 0.717) is 12.0 Å². The van der Waals surface area contributed by atoms with Crippen molar-refractivity contribution in [1.29, 1.82) is 0 Å². The molecule has 0 aromatic heterocycles. The predicted molar refractivity (Wildman–Crippen MR) is 105 cm³/mol. The molecule has 0 atom stereocenters. The van der Waals surface area contributed by atoms with Gasteiger partial charge in [0, 0.05) is 25.0 Å². The van der Waals surface area contributed by atoms with Gasteiger partial charge in [0.15, 0.2) is 0 Å². The zero-order valence-corrected chi connectivity index (χ0v) is 16.4. The number of anilines is 1. The van der Waals surface area contributed by atoms with Crippen molar-refractivity contribution in [3.8, 4) is 16.9 Å². The van der Waals surface area contributed by atoms with Gasteiger partial charge in [0.1, 0.15) is 23.1 Å². The third-order valence-corrected chi connectivity index (χ3v) is 4.56. The van der Waals surface area contributed by atoms with Gasteiger partial charge >= 0.3 is 5.97 Å². The van der Waals surface area contributed by atoms with E-state index in [1.54, 1.807) is 12.1 Å². The first kappa shape index (κ1) is 21.4. The maximum atomic E-state index is 14.6. The molecule has 30 heavy (non-hydrogen) atoms. The number of hydrogen-bond acceptors (Lipinski definition) is 3. The van der Waals surface area contributed by atoms with Gasteiger partial charge in [0.25, 0.3) is 5.91 Å². The fraction of sp³-hybridized carbons (Fsp3) is 0.273. The molecule has 2 aromatic carbocycles. The number of carbonyl (C=O) groups is 2. The summed E-state index contributed by atoms with van der Waals surface area (Å²) >= 11 is 0. The van der Waals surface area contributed by atoms with Crippen LogP contribution in [0.1, 0.15) is 33.1 Å². The molecule has 0 saturated heterocycles. The molecule has 0 aliphatic heterocycles. The van der Waals surface area contributed by atoms with Gasteiger partial charge in [0.2, 0.25) is 5.85 Å². The molecule has 0 radical (unpaired) electrons. The van der Waals surface area contributed by atoms with E-state index in [0.717, 1.165) is 12.1 Å². The van der Waals surface area contributed by atoms with Crippen LogP contribution in [-0.2, 0) is 9.59 Å². The lowest BCUT2D eigenvalue weighted by Gasteiger charge is -2.17. The molecule has 2 aromatic rings. The van der Waals surface area contributed by atoms with Crippen LogP contribution in [0.4, 0.5) is 18.9 Å². The molecule has 158 valence electrons. The SMILES string of the molecule is CC(C)(F)Oc1cccc(-c2cc(F)c(NC(=O)C3=C(C(=O)O)CCC3)c(F)c2)c1. The number of carboxylic acids is 1. The van der Waals surface area contributed by atoms with Crippen molar-refractivity contribution in [2.45, 2.75) is 39.0 Å². The predicted octanol–water partition coefficient (Wildman–Crippen LogP) is 5.22. The number of carboxylic acid groups (broad SMARTS) is 1. The quantitative estimate of drug-likeness (QED) is 0.673. The molecule has 0 saturated carbocycles. The van der Waals surface area contributed by atoms with Gasteiger partial charge in [-0.05, 0) is 54.7 Å². The summed E-state index contributed by atoms with van der Waals surface area (Å²) < 4.78 is 48.0. The summed E-state index contributed by atoms with van der Waals surface area (Å²) in [6, 6.07) is 8.14.